The predicted octanol–water partition coefficient (Wildman–Crippen LogP) is 2.73. The lowest BCUT2D eigenvalue weighted by atomic mass is 10.2. The second kappa shape index (κ2) is 4.81. The summed E-state index contributed by atoms with van der Waals surface area (Å²) in [6, 6.07) is 4.54. The van der Waals surface area contributed by atoms with Crippen LogP contribution in [0.4, 0.5) is 4.39 Å². The summed E-state index contributed by atoms with van der Waals surface area (Å²) in [6.45, 7) is 1.29. The van der Waals surface area contributed by atoms with E-state index in [1.165, 1.54) is 12.1 Å². The van der Waals surface area contributed by atoms with E-state index < -0.39 is 0 Å². The Morgan fingerprint density at radius 1 is 1.47 bits per heavy atom. The van der Waals surface area contributed by atoms with Gasteiger partial charge in [0.05, 0.1) is 13.2 Å². The topological polar surface area (TPSA) is 18.5 Å². The van der Waals surface area contributed by atoms with Crippen LogP contribution in [0.25, 0.3) is 0 Å². The van der Waals surface area contributed by atoms with Gasteiger partial charge in [0.25, 0.3) is 0 Å². The van der Waals surface area contributed by atoms with Gasteiger partial charge in [0.2, 0.25) is 0 Å². The van der Waals surface area contributed by atoms with Crippen molar-refractivity contribution in [3.63, 3.8) is 0 Å². The van der Waals surface area contributed by atoms with Crippen LogP contribution in [0.3, 0.4) is 0 Å². The molecule has 0 N–H and O–H groups in total. The molecule has 2 rings (SSSR count). The maximum absolute atomic E-state index is 13.1. The number of benzene rings is 1. The van der Waals surface area contributed by atoms with E-state index in [1.54, 1.807) is 6.07 Å². The smallest absolute Gasteiger partial charge is 0.127 e. The Labute approximate surface area is 92.9 Å². The molecular formula is C11H12ClFO2. The zero-order valence-electron chi connectivity index (χ0n) is 8.21. The van der Waals surface area contributed by atoms with E-state index in [-0.39, 0.29) is 17.8 Å². The fourth-order valence-electron chi connectivity index (χ4n) is 1.56. The van der Waals surface area contributed by atoms with Crippen molar-refractivity contribution < 1.29 is 13.9 Å². The number of rotatable bonds is 3. The first-order valence-corrected chi connectivity index (χ1v) is 5.41. The zero-order valence-corrected chi connectivity index (χ0v) is 8.97. The fourth-order valence-corrected chi connectivity index (χ4v) is 1.72. The average molecular weight is 231 g/mol. The minimum absolute atomic E-state index is 0.0370. The van der Waals surface area contributed by atoms with Gasteiger partial charge in [-0.2, -0.15) is 0 Å². The van der Waals surface area contributed by atoms with Crippen LogP contribution < -0.4 is 4.74 Å². The van der Waals surface area contributed by atoms with Gasteiger partial charge >= 0.3 is 0 Å². The van der Waals surface area contributed by atoms with Crippen LogP contribution in [0.5, 0.6) is 5.75 Å². The van der Waals surface area contributed by atoms with Gasteiger partial charge in [-0.25, -0.2) is 4.39 Å². The molecule has 1 aromatic carbocycles. The third-order valence-electron chi connectivity index (χ3n) is 2.28. The third kappa shape index (κ3) is 2.83. The zero-order chi connectivity index (χ0) is 10.7. The SMILES string of the molecule is Fc1cc(CCl)cc(OC2CCOC2)c1. The summed E-state index contributed by atoms with van der Waals surface area (Å²) >= 11 is 5.64. The van der Waals surface area contributed by atoms with Crippen LogP contribution in [-0.4, -0.2) is 19.3 Å². The number of hydrogen-bond acceptors (Lipinski definition) is 2. The molecule has 2 nitrogen and oxygen atoms in total. The molecule has 1 aliphatic rings. The van der Waals surface area contributed by atoms with Gasteiger partial charge in [-0.05, 0) is 17.7 Å². The van der Waals surface area contributed by atoms with E-state index in [0.717, 1.165) is 12.0 Å². The number of alkyl halides is 1. The van der Waals surface area contributed by atoms with E-state index in [4.69, 9.17) is 21.1 Å². The van der Waals surface area contributed by atoms with Gasteiger partial charge in [0, 0.05) is 18.4 Å². The molecule has 0 aliphatic carbocycles. The third-order valence-corrected chi connectivity index (χ3v) is 2.58. The van der Waals surface area contributed by atoms with Crippen molar-refractivity contribution in [3.05, 3.63) is 29.6 Å². The summed E-state index contributed by atoms with van der Waals surface area (Å²) in [7, 11) is 0. The van der Waals surface area contributed by atoms with Crippen molar-refractivity contribution in [2.24, 2.45) is 0 Å². The minimum Gasteiger partial charge on any atom is -0.488 e. The number of hydrogen-bond donors (Lipinski definition) is 0. The summed E-state index contributed by atoms with van der Waals surface area (Å²) in [5.74, 6) is 0.498. The Kier molecular flexibility index (Phi) is 3.44. The van der Waals surface area contributed by atoms with Gasteiger partial charge < -0.3 is 9.47 Å². The Morgan fingerprint density at radius 3 is 3.00 bits per heavy atom. The van der Waals surface area contributed by atoms with Crippen LogP contribution in [0.1, 0.15) is 12.0 Å². The van der Waals surface area contributed by atoms with Crippen molar-refractivity contribution in [1.29, 1.82) is 0 Å². The minimum atomic E-state index is -0.318. The number of ether oxygens (including phenoxy) is 2. The van der Waals surface area contributed by atoms with E-state index in [2.05, 4.69) is 0 Å². The van der Waals surface area contributed by atoms with Crippen LogP contribution in [0.2, 0.25) is 0 Å². The first-order valence-electron chi connectivity index (χ1n) is 4.88. The van der Waals surface area contributed by atoms with Gasteiger partial charge in [0.15, 0.2) is 0 Å². The normalized spacial score (nSPS) is 20.5. The molecule has 1 fully saturated rings. The molecule has 1 aliphatic heterocycles. The molecule has 0 saturated carbocycles. The summed E-state index contributed by atoms with van der Waals surface area (Å²) in [6.07, 6.45) is 0.891. The molecule has 1 aromatic rings. The lowest BCUT2D eigenvalue weighted by Crippen LogP contribution is -2.15. The van der Waals surface area contributed by atoms with E-state index in [9.17, 15) is 4.39 Å². The quantitative estimate of drug-likeness (QED) is 0.744. The Morgan fingerprint density at radius 2 is 2.33 bits per heavy atom. The van der Waals surface area contributed by atoms with Crippen molar-refractivity contribution in [2.45, 2.75) is 18.4 Å². The Balaban J connectivity index is 2.09. The largest absolute Gasteiger partial charge is 0.488 e. The molecule has 0 bridgehead atoms. The van der Waals surface area contributed by atoms with Gasteiger partial charge in [-0.1, -0.05) is 0 Å². The molecule has 1 saturated heterocycles. The van der Waals surface area contributed by atoms with Crippen molar-refractivity contribution in [2.75, 3.05) is 13.2 Å². The van der Waals surface area contributed by atoms with Crippen LogP contribution in [0, 0.1) is 5.82 Å². The molecule has 0 radical (unpaired) electrons. The molecule has 1 heterocycles. The highest BCUT2D eigenvalue weighted by atomic mass is 35.5. The van der Waals surface area contributed by atoms with Gasteiger partial charge in [-0.3, -0.25) is 0 Å². The molecule has 15 heavy (non-hydrogen) atoms. The highest BCUT2D eigenvalue weighted by Crippen LogP contribution is 2.21. The van der Waals surface area contributed by atoms with Crippen LogP contribution >= 0.6 is 11.6 Å². The van der Waals surface area contributed by atoms with Crippen molar-refractivity contribution >= 4 is 11.6 Å². The van der Waals surface area contributed by atoms with Crippen molar-refractivity contribution in [1.82, 2.24) is 0 Å². The highest BCUT2D eigenvalue weighted by molar-refractivity contribution is 6.17. The molecular weight excluding hydrogens is 219 g/mol. The lowest BCUT2D eigenvalue weighted by Gasteiger charge is -2.12. The first-order chi connectivity index (χ1) is 7.28. The second-order valence-corrected chi connectivity index (χ2v) is 3.80. The van der Waals surface area contributed by atoms with Crippen LogP contribution in [0.15, 0.2) is 18.2 Å². The maximum Gasteiger partial charge on any atom is 0.127 e. The average Bonchev–Trinajstić information content (AvgIpc) is 2.69. The lowest BCUT2D eigenvalue weighted by molar-refractivity contribution is 0.141. The molecule has 0 spiro atoms. The molecule has 0 amide bonds. The summed E-state index contributed by atoms with van der Waals surface area (Å²) in [5, 5.41) is 0. The van der Waals surface area contributed by atoms with Crippen LogP contribution in [-0.2, 0) is 10.6 Å². The Hall–Kier alpha value is -0.800. The molecule has 82 valence electrons. The van der Waals surface area contributed by atoms with E-state index >= 15 is 0 Å². The predicted molar refractivity (Wildman–Crippen MR) is 55.8 cm³/mol. The number of halogens is 2. The highest BCUT2D eigenvalue weighted by Gasteiger charge is 2.17. The monoisotopic (exact) mass is 230 g/mol. The van der Waals surface area contributed by atoms with Crippen molar-refractivity contribution in [3.8, 4) is 5.75 Å². The molecule has 1 unspecified atom stereocenters. The van der Waals surface area contributed by atoms with Gasteiger partial charge in [-0.15, -0.1) is 11.6 Å². The van der Waals surface area contributed by atoms with E-state index in [1.807, 2.05) is 0 Å². The second-order valence-electron chi connectivity index (χ2n) is 3.53. The Bertz CT molecular complexity index is 337. The van der Waals surface area contributed by atoms with Gasteiger partial charge in [0.1, 0.15) is 17.7 Å². The summed E-state index contributed by atoms with van der Waals surface area (Å²) < 4.78 is 23.9. The standard InChI is InChI=1S/C11H12ClFO2/c12-6-8-3-9(13)5-11(4-8)15-10-1-2-14-7-10/h3-5,10H,1-2,6-7H2. The first kappa shape index (κ1) is 10.7. The summed E-state index contributed by atoms with van der Waals surface area (Å²) in [5.41, 5.74) is 0.727. The molecule has 0 aromatic heterocycles. The fraction of sp³-hybridized carbons (Fsp3) is 0.455. The van der Waals surface area contributed by atoms with E-state index in [0.29, 0.717) is 19.0 Å². The maximum atomic E-state index is 13.1. The molecule has 1 atom stereocenters. The summed E-state index contributed by atoms with van der Waals surface area (Å²) in [4.78, 5) is 0. The molecule has 4 heteroatoms.